The summed E-state index contributed by atoms with van der Waals surface area (Å²) in [6.45, 7) is 9.16. The van der Waals surface area contributed by atoms with Crippen LogP contribution in [0.5, 0.6) is 0 Å². The van der Waals surface area contributed by atoms with Crippen molar-refractivity contribution in [1.29, 1.82) is 0 Å². The second-order valence-corrected chi connectivity index (χ2v) is 6.72. The second kappa shape index (κ2) is 4.54. The van der Waals surface area contributed by atoms with Gasteiger partial charge in [0.2, 0.25) is 0 Å². The van der Waals surface area contributed by atoms with Gasteiger partial charge in [0.05, 0.1) is 0 Å². The van der Waals surface area contributed by atoms with Gasteiger partial charge in [-0.3, -0.25) is 0 Å². The fourth-order valence-corrected chi connectivity index (χ4v) is 2.09. The monoisotopic (exact) mass is 198 g/mol. The molecule has 0 atom stereocenters. The highest BCUT2D eigenvalue weighted by Gasteiger charge is 2.19. The Morgan fingerprint density at radius 2 is 2.00 bits per heavy atom. The van der Waals surface area contributed by atoms with Crippen molar-refractivity contribution in [2.24, 2.45) is 5.92 Å². The van der Waals surface area contributed by atoms with Crippen LogP contribution < -0.4 is 0 Å². The molecule has 1 aliphatic rings. The van der Waals surface area contributed by atoms with Gasteiger partial charge in [-0.05, 0) is 25.2 Å². The van der Waals surface area contributed by atoms with E-state index in [9.17, 15) is 0 Å². The molecule has 13 heavy (non-hydrogen) atoms. The molecule has 0 saturated heterocycles. The van der Waals surface area contributed by atoms with Crippen molar-refractivity contribution in [2.75, 3.05) is 5.75 Å². The molecule has 1 saturated carbocycles. The van der Waals surface area contributed by atoms with E-state index in [1.807, 2.05) is 0 Å². The van der Waals surface area contributed by atoms with Gasteiger partial charge in [-0.25, -0.2) is 0 Å². The van der Waals surface area contributed by atoms with Crippen LogP contribution in [0.15, 0.2) is 11.6 Å². The number of hydrogen-bond acceptors (Lipinski definition) is 1. The van der Waals surface area contributed by atoms with Crippen LogP contribution in [0.25, 0.3) is 0 Å². The van der Waals surface area contributed by atoms with E-state index in [4.69, 9.17) is 0 Å². The summed E-state index contributed by atoms with van der Waals surface area (Å²) in [5, 5.41) is 0. The minimum Gasteiger partial charge on any atom is -0.152 e. The Balaban J connectivity index is 2.31. The van der Waals surface area contributed by atoms with Gasteiger partial charge in [-0.15, -0.1) is 0 Å². The summed E-state index contributed by atoms with van der Waals surface area (Å²) in [6, 6.07) is 0. The molecule has 0 unspecified atom stereocenters. The van der Waals surface area contributed by atoms with E-state index in [1.54, 1.807) is 5.57 Å². The zero-order valence-electron chi connectivity index (χ0n) is 9.39. The van der Waals surface area contributed by atoms with Gasteiger partial charge in [0, 0.05) is 10.5 Å². The average molecular weight is 198 g/mol. The molecule has 0 spiro atoms. The van der Waals surface area contributed by atoms with Crippen molar-refractivity contribution in [3.8, 4) is 0 Å². The molecule has 1 fully saturated rings. The minimum atomic E-state index is 0.414. The van der Waals surface area contributed by atoms with Crippen LogP contribution in [-0.4, -0.2) is 10.5 Å². The van der Waals surface area contributed by atoms with Crippen LogP contribution in [0.2, 0.25) is 0 Å². The van der Waals surface area contributed by atoms with Gasteiger partial charge >= 0.3 is 0 Å². The molecule has 1 rings (SSSR count). The third-order valence-corrected chi connectivity index (χ3v) is 3.62. The zero-order valence-corrected chi connectivity index (χ0v) is 10.2. The maximum absolute atomic E-state index is 2.51. The van der Waals surface area contributed by atoms with E-state index in [2.05, 4.69) is 45.5 Å². The topological polar surface area (TPSA) is 0 Å². The molecule has 0 aliphatic heterocycles. The lowest BCUT2D eigenvalue weighted by Crippen LogP contribution is -2.09. The molecule has 0 heterocycles. The SMILES string of the molecule is CCC(=CC1CC1)CSC(C)(C)C. The van der Waals surface area contributed by atoms with Crippen molar-refractivity contribution in [1.82, 2.24) is 0 Å². The Labute approximate surface area is 87.2 Å². The lowest BCUT2D eigenvalue weighted by Gasteiger charge is -2.18. The van der Waals surface area contributed by atoms with Gasteiger partial charge in [-0.1, -0.05) is 39.3 Å². The van der Waals surface area contributed by atoms with Crippen LogP contribution in [0.4, 0.5) is 0 Å². The summed E-state index contributed by atoms with van der Waals surface area (Å²) in [6.07, 6.45) is 6.62. The van der Waals surface area contributed by atoms with Crippen molar-refractivity contribution >= 4 is 11.8 Å². The van der Waals surface area contributed by atoms with Crippen LogP contribution in [0.3, 0.4) is 0 Å². The Morgan fingerprint density at radius 1 is 1.38 bits per heavy atom. The highest BCUT2D eigenvalue weighted by atomic mass is 32.2. The number of allylic oxidation sites excluding steroid dienone is 1. The summed E-state index contributed by atoms with van der Waals surface area (Å²) in [4.78, 5) is 0. The predicted octanol–water partition coefficient (Wildman–Crippen LogP) is 4.26. The molecule has 76 valence electrons. The van der Waals surface area contributed by atoms with Gasteiger partial charge in [-0.2, -0.15) is 11.8 Å². The van der Waals surface area contributed by atoms with Gasteiger partial charge < -0.3 is 0 Å². The van der Waals surface area contributed by atoms with E-state index in [0.717, 1.165) is 5.92 Å². The minimum absolute atomic E-state index is 0.414. The molecule has 1 heteroatoms. The molecule has 0 aromatic rings. The quantitative estimate of drug-likeness (QED) is 0.608. The van der Waals surface area contributed by atoms with Crippen LogP contribution in [0.1, 0.15) is 47.0 Å². The zero-order chi connectivity index (χ0) is 9.90. The fraction of sp³-hybridized carbons (Fsp3) is 0.833. The molecule has 0 aromatic carbocycles. The van der Waals surface area contributed by atoms with Gasteiger partial charge in [0.15, 0.2) is 0 Å². The standard InChI is InChI=1S/C12H22S/c1-5-10(8-11-6-7-11)9-13-12(2,3)4/h8,11H,5-7,9H2,1-4H3. The van der Waals surface area contributed by atoms with E-state index in [1.165, 1.54) is 25.0 Å². The second-order valence-electron chi connectivity index (χ2n) is 4.92. The fourth-order valence-electron chi connectivity index (χ4n) is 1.17. The predicted molar refractivity (Wildman–Crippen MR) is 63.3 cm³/mol. The van der Waals surface area contributed by atoms with Crippen molar-refractivity contribution in [3.63, 3.8) is 0 Å². The average Bonchev–Trinajstić information content (AvgIpc) is 2.79. The normalized spacial score (nSPS) is 19.2. The molecule has 0 N–H and O–H groups in total. The molecule has 0 aromatic heterocycles. The first-order valence-corrected chi connectivity index (χ1v) is 6.33. The molecule has 1 aliphatic carbocycles. The van der Waals surface area contributed by atoms with Crippen molar-refractivity contribution in [3.05, 3.63) is 11.6 Å². The lowest BCUT2D eigenvalue weighted by molar-refractivity contribution is 0.803. The van der Waals surface area contributed by atoms with Crippen LogP contribution in [-0.2, 0) is 0 Å². The largest absolute Gasteiger partial charge is 0.152 e. The van der Waals surface area contributed by atoms with Crippen molar-refractivity contribution in [2.45, 2.75) is 51.7 Å². The Hall–Kier alpha value is 0.0900. The Morgan fingerprint density at radius 3 is 2.38 bits per heavy atom. The van der Waals surface area contributed by atoms with E-state index in [0.29, 0.717) is 4.75 Å². The first kappa shape index (κ1) is 11.2. The maximum atomic E-state index is 2.51. The van der Waals surface area contributed by atoms with Crippen molar-refractivity contribution < 1.29 is 0 Å². The summed E-state index contributed by atoms with van der Waals surface area (Å²) in [7, 11) is 0. The highest BCUT2D eigenvalue weighted by molar-refractivity contribution is 8.00. The number of rotatable bonds is 4. The molecule has 0 nitrogen and oxygen atoms in total. The third-order valence-electron chi connectivity index (χ3n) is 2.24. The molecule has 0 amide bonds. The number of thioether (sulfide) groups is 1. The summed E-state index contributed by atoms with van der Waals surface area (Å²) < 4.78 is 0.414. The summed E-state index contributed by atoms with van der Waals surface area (Å²) in [5.41, 5.74) is 1.66. The van der Waals surface area contributed by atoms with E-state index >= 15 is 0 Å². The smallest absolute Gasteiger partial charge is 0.0148 e. The van der Waals surface area contributed by atoms with Gasteiger partial charge in [0.25, 0.3) is 0 Å². The van der Waals surface area contributed by atoms with Crippen LogP contribution in [0, 0.1) is 5.92 Å². The molecule has 0 bridgehead atoms. The molecule has 0 radical (unpaired) electrons. The number of hydrogen-bond donors (Lipinski definition) is 0. The lowest BCUT2D eigenvalue weighted by atomic mass is 10.2. The Bertz CT molecular complexity index is 182. The van der Waals surface area contributed by atoms with Gasteiger partial charge in [0.1, 0.15) is 0 Å². The summed E-state index contributed by atoms with van der Waals surface area (Å²) >= 11 is 2.07. The first-order chi connectivity index (χ1) is 6.01. The van der Waals surface area contributed by atoms with Crippen LogP contribution >= 0.6 is 11.8 Å². The highest BCUT2D eigenvalue weighted by Crippen LogP contribution is 2.33. The van der Waals surface area contributed by atoms with E-state index in [-0.39, 0.29) is 0 Å². The summed E-state index contributed by atoms with van der Waals surface area (Å²) in [5.74, 6) is 2.17. The first-order valence-electron chi connectivity index (χ1n) is 5.35. The third kappa shape index (κ3) is 5.41. The molecular weight excluding hydrogens is 176 g/mol. The Kier molecular flexibility index (Phi) is 3.90. The molecular formula is C12H22S. The maximum Gasteiger partial charge on any atom is 0.0148 e. The van der Waals surface area contributed by atoms with E-state index < -0.39 is 0 Å².